The van der Waals surface area contributed by atoms with Crippen LogP contribution in [0.4, 0.5) is 5.69 Å². The van der Waals surface area contributed by atoms with Crippen LogP contribution in [-0.4, -0.2) is 17.9 Å². The van der Waals surface area contributed by atoms with E-state index in [1.54, 1.807) is 37.3 Å². The Hall–Kier alpha value is -2.59. The minimum atomic E-state index is -0.665. The molecule has 0 saturated heterocycles. The van der Waals surface area contributed by atoms with Crippen LogP contribution in [0.2, 0.25) is 5.02 Å². The molecule has 0 bridgehead atoms. The van der Waals surface area contributed by atoms with Crippen LogP contribution in [0.1, 0.15) is 12.5 Å². The molecule has 2 aromatic carbocycles. The van der Waals surface area contributed by atoms with E-state index in [2.05, 4.69) is 10.6 Å². The van der Waals surface area contributed by atoms with Crippen molar-refractivity contribution < 1.29 is 9.59 Å². The van der Waals surface area contributed by atoms with E-state index in [0.29, 0.717) is 10.7 Å². The van der Waals surface area contributed by atoms with Gasteiger partial charge in [-0.2, -0.15) is 0 Å². The Labute approximate surface area is 140 Å². The highest BCUT2D eigenvalue weighted by Gasteiger charge is 2.14. The Morgan fingerprint density at radius 1 is 1.09 bits per heavy atom. The molecular weight excluding hydrogens is 312 g/mol. The molecule has 0 fully saturated rings. The summed E-state index contributed by atoms with van der Waals surface area (Å²) in [4.78, 5) is 23.9. The summed E-state index contributed by atoms with van der Waals surface area (Å²) in [6.45, 7) is 1.62. The SMILES string of the molecule is C[C@H](NC(=O)/C=C/c1ccccc1)C(=O)Nc1cccc(Cl)c1. The largest absolute Gasteiger partial charge is 0.341 e. The first kappa shape index (κ1) is 16.8. The molecule has 2 N–H and O–H groups in total. The maximum absolute atomic E-state index is 12.0. The maximum atomic E-state index is 12.0. The average Bonchev–Trinajstić information content (AvgIpc) is 2.54. The van der Waals surface area contributed by atoms with Gasteiger partial charge < -0.3 is 10.6 Å². The van der Waals surface area contributed by atoms with Gasteiger partial charge in [0, 0.05) is 16.8 Å². The molecule has 2 amide bonds. The van der Waals surface area contributed by atoms with Crippen molar-refractivity contribution in [3.05, 3.63) is 71.3 Å². The fraction of sp³-hybridized carbons (Fsp3) is 0.111. The van der Waals surface area contributed by atoms with E-state index in [9.17, 15) is 9.59 Å². The minimum Gasteiger partial charge on any atom is -0.341 e. The number of benzene rings is 2. The van der Waals surface area contributed by atoms with Gasteiger partial charge in [0.2, 0.25) is 11.8 Å². The van der Waals surface area contributed by atoms with Crippen molar-refractivity contribution in [3.63, 3.8) is 0 Å². The summed E-state index contributed by atoms with van der Waals surface area (Å²) >= 11 is 5.86. The standard InChI is InChI=1S/C18H17ClN2O2/c1-13(18(23)21-16-9-5-8-15(19)12-16)20-17(22)11-10-14-6-3-2-4-7-14/h2-13H,1H3,(H,20,22)(H,21,23)/b11-10+/t13-/m0/s1. The van der Waals surface area contributed by atoms with E-state index in [-0.39, 0.29) is 11.8 Å². The van der Waals surface area contributed by atoms with Gasteiger partial charge >= 0.3 is 0 Å². The lowest BCUT2D eigenvalue weighted by Gasteiger charge is -2.13. The molecule has 1 atom stereocenters. The molecule has 0 saturated carbocycles. The molecule has 118 valence electrons. The molecule has 0 aliphatic carbocycles. The normalized spacial score (nSPS) is 11.9. The van der Waals surface area contributed by atoms with Gasteiger partial charge in [-0.1, -0.05) is 48.0 Å². The summed E-state index contributed by atoms with van der Waals surface area (Å²) in [5.41, 5.74) is 1.50. The van der Waals surface area contributed by atoms with Crippen LogP contribution in [0.3, 0.4) is 0 Å². The topological polar surface area (TPSA) is 58.2 Å². The number of halogens is 1. The fourth-order valence-electron chi connectivity index (χ4n) is 1.88. The van der Waals surface area contributed by atoms with Gasteiger partial charge in [0.05, 0.1) is 0 Å². The first-order valence-corrected chi connectivity index (χ1v) is 7.52. The monoisotopic (exact) mass is 328 g/mol. The number of hydrogen-bond acceptors (Lipinski definition) is 2. The van der Waals surface area contributed by atoms with Gasteiger partial charge in [-0.05, 0) is 36.8 Å². The zero-order valence-electron chi connectivity index (χ0n) is 12.6. The van der Waals surface area contributed by atoms with Gasteiger partial charge in [-0.3, -0.25) is 9.59 Å². The summed E-state index contributed by atoms with van der Waals surface area (Å²) in [5.74, 6) is -0.642. The van der Waals surface area contributed by atoms with E-state index >= 15 is 0 Å². The molecule has 0 aliphatic rings. The van der Waals surface area contributed by atoms with E-state index < -0.39 is 6.04 Å². The summed E-state index contributed by atoms with van der Waals surface area (Å²) in [6, 6.07) is 15.6. The number of carbonyl (C=O) groups excluding carboxylic acids is 2. The van der Waals surface area contributed by atoms with Crippen molar-refractivity contribution in [1.82, 2.24) is 5.32 Å². The number of nitrogens with one attached hydrogen (secondary N) is 2. The molecule has 0 aliphatic heterocycles. The lowest BCUT2D eigenvalue weighted by molar-refractivity contribution is -0.123. The van der Waals surface area contributed by atoms with Crippen LogP contribution in [-0.2, 0) is 9.59 Å². The Morgan fingerprint density at radius 2 is 1.83 bits per heavy atom. The highest BCUT2D eigenvalue weighted by atomic mass is 35.5. The molecular formula is C18H17ClN2O2. The average molecular weight is 329 g/mol. The van der Waals surface area contributed by atoms with Crippen LogP contribution in [0.5, 0.6) is 0 Å². The summed E-state index contributed by atoms with van der Waals surface area (Å²) in [5, 5.41) is 5.85. The second-order valence-corrected chi connectivity index (χ2v) is 5.41. The second-order valence-electron chi connectivity index (χ2n) is 4.97. The maximum Gasteiger partial charge on any atom is 0.246 e. The van der Waals surface area contributed by atoms with E-state index in [1.807, 2.05) is 30.3 Å². The molecule has 0 spiro atoms. The highest BCUT2D eigenvalue weighted by molar-refractivity contribution is 6.30. The van der Waals surface area contributed by atoms with Crippen molar-refractivity contribution in [2.45, 2.75) is 13.0 Å². The third kappa shape index (κ3) is 5.60. The molecule has 0 radical (unpaired) electrons. The first-order valence-electron chi connectivity index (χ1n) is 7.14. The van der Waals surface area contributed by atoms with Crippen molar-refractivity contribution >= 4 is 35.2 Å². The summed E-state index contributed by atoms with van der Waals surface area (Å²) in [7, 11) is 0. The smallest absolute Gasteiger partial charge is 0.246 e. The Kier molecular flexibility index (Phi) is 5.94. The molecule has 4 nitrogen and oxygen atoms in total. The summed E-state index contributed by atoms with van der Waals surface area (Å²) < 4.78 is 0. The molecule has 2 aromatic rings. The van der Waals surface area contributed by atoms with E-state index in [1.165, 1.54) is 6.08 Å². The molecule has 0 unspecified atom stereocenters. The lowest BCUT2D eigenvalue weighted by Crippen LogP contribution is -2.40. The fourth-order valence-corrected chi connectivity index (χ4v) is 2.07. The zero-order chi connectivity index (χ0) is 16.7. The second kappa shape index (κ2) is 8.15. The Balaban J connectivity index is 1.88. The number of amides is 2. The first-order chi connectivity index (χ1) is 11.0. The zero-order valence-corrected chi connectivity index (χ0v) is 13.4. The third-order valence-corrected chi connectivity index (χ3v) is 3.31. The van der Waals surface area contributed by atoms with Crippen molar-refractivity contribution in [2.24, 2.45) is 0 Å². The number of anilines is 1. The highest BCUT2D eigenvalue weighted by Crippen LogP contribution is 2.14. The molecule has 23 heavy (non-hydrogen) atoms. The Bertz CT molecular complexity index is 714. The van der Waals surface area contributed by atoms with E-state index in [4.69, 9.17) is 11.6 Å². The predicted molar refractivity (Wildman–Crippen MR) is 93.2 cm³/mol. The van der Waals surface area contributed by atoms with Gasteiger partial charge in [0.1, 0.15) is 6.04 Å². The summed E-state index contributed by atoms with van der Waals surface area (Å²) in [6.07, 6.45) is 3.09. The molecule has 0 heterocycles. The number of carbonyl (C=O) groups is 2. The molecule has 0 aromatic heterocycles. The van der Waals surface area contributed by atoms with Crippen molar-refractivity contribution in [3.8, 4) is 0 Å². The number of hydrogen-bond donors (Lipinski definition) is 2. The van der Waals surface area contributed by atoms with Crippen molar-refractivity contribution in [2.75, 3.05) is 5.32 Å². The Morgan fingerprint density at radius 3 is 2.52 bits per heavy atom. The quantitative estimate of drug-likeness (QED) is 0.825. The van der Waals surface area contributed by atoms with Crippen LogP contribution in [0.15, 0.2) is 60.7 Å². The molecule has 2 rings (SSSR count). The van der Waals surface area contributed by atoms with Crippen LogP contribution in [0, 0.1) is 0 Å². The van der Waals surface area contributed by atoms with E-state index in [0.717, 1.165) is 5.56 Å². The van der Waals surface area contributed by atoms with Crippen molar-refractivity contribution in [1.29, 1.82) is 0 Å². The predicted octanol–water partition coefficient (Wildman–Crippen LogP) is 3.50. The van der Waals surface area contributed by atoms with Gasteiger partial charge in [0.15, 0.2) is 0 Å². The molecule has 5 heteroatoms. The minimum absolute atomic E-state index is 0.311. The third-order valence-electron chi connectivity index (χ3n) is 3.07. The number of rotatable bonds is 5. The lowest BCUT2D eigenvalue weighted by atomic mass is 10.2. The van der Waals surface area contributed by atoms with Crippen LogP contribution < -0.4 is 10.6 Å². The van der Waals surface area contributed by atoms with Gasteiger partial charge in [-0.15, -0.1) is 0 Å². The van der Waals surface area contributed by atoms with Crippen LogP contribution >= 0.6 is 11.6 Å². The van der Waals surface area contributed by atoms with Gasteiger partial charge in [-0.25, -0.2) is 0 Å². The van der Waals surface area contributed by atoms with Crippen LogP contribution in [0.25, 0.3) is 6.08 Å². The van der Waals surface area contributed by atoms with Gasteiger partial charge in [0.25, 0.3) is 0 Å².